The number of hydrogen-bond donors (Lipinski definition) is 0. The fourth-order valence-electron chi connectivity index (χ4n) is 2.42. The molecule has 3 rings (SSSR count). The molecule has 0 unspecified atom stereocenters. The Hall–Kier alpha value is -2.05. The van der Waals surface area contributed by atoms with Gasteiger partial charge in [0.1, 0.15) is 5.65 Å². The van der Waals surface area contributed by atoms with Crippen molar-refractivity contribution in [2.75, 3.05) is 0 Å². The lowest BCUT2D eigenvalue weighted by molar-refractivity contribution is 0.651. The van der Waals surface area contributed by atoms with Gasteiger partial charge in [-0.3, -0.25) is 13.9 Å². The molecule has 0 aliphatic rings. The largest absolute Gasteiger partial charge is 0.332 e. The minimum atomic E-state index is -0.426. The molecule has 0 radical (unpaired) electrons. The quantitative estimate of drug-likeness (QED) is 0.715. The number of benzene rings is 1. The molecule has 114 valence electrons. The molecule has 1 aromatic carbocycles. The van der Waals surface area contributed by atoms with Crippen molar-refractivity contribution in [1.29, 1.82) is 0 Å². The molecule has 2 aromatic heterocycles. The van der Waals surface area contributed by atoms with Crippen LogP contribution in [0.5, 0.6) is 0 Å². The van der Waals surface area contributed by atoms with Crippen molar-refractivity contribution >= 4 is 34.4 Å². The summed E-state index contributed by atoms with van der Waals surface area (Å²) in [4.78, 5) is 29.0. The van der Waals surface area contributed by atoms with Crippen molar-refractivity contribution < 1.29 is 0 Å². The lowest BCUT2D eigenvalue weighted by atomic mass is 10.2. The first kappa shape index (κ1) is 14.9. The molecule has 0 bridgehead atoms. The summed E-state index contributed by atoms with van der Waals surface area (Å²) in [5, 5.41) is 0.800. The molecule has 0 saturated carbocycles. The lowest BCUT2D eigenvalue weighted by Gasteiger charge is -2.09. The Balaban J connectivity index is 2.21. The van der Waals surface area contributed by atoms with Gasteiger partial charge in [0.05, 0.1) is 22.9 Å². The molecule has 0 N–H and O–H groups in total. The van der Waals surface area contributed by atoms with Crippen LogP contribution in [0.3, 0.4) is 0 Å². The summed E-state index contributed by atoms with van der Waals surface area (Å²) in [5.74, 6) is 0. The van der Waals surface area contributed by atoms with Gasteiger partial charge in [0.25, 0.3) is 5.56 Å². The number of nitrogens with zero attached hydrogens (tertiary/aromatic N) is 4. The average molecular weight is 339 g/mol. The van der Waals surface area contributed by atoms with E-state index in [1.54, 1.807) is 36.9 Å². The number of rotatable bonds is 2. The molecule has 2 heterocycles. The molecular formula is C14H12Cl2N4O2. The van der Waals surface area contributed by atoms with Gasteiger partial charge in [-0.15, -0.1) is 0 Å². The molecule has 0 saturated heterocycles. The summed E-state index contributed by atoms with van der Waals surface area (Å²) in [6.07, 6.45) is 1.51. The summed E-state index contributed by atoms with van der Waals surface area (Å²) < 4.78 is 4.18. The van der Waals surface area contributed by atoms with Crippen molar-refractivity contribution in [3.63, 3.8) is 0 Å². The fourth-order valence-corrected chi connectivity index (χ4v) is 2.74. The van der Waals surface area contributed by atoms with E-state index in [1.165, 1.54) is 10.9 Å². The Kier molecular flexibility index (Phi) is 3.58. The molecule has 0 atom stereocenters. The van der Waals surface area contributed by atoms with E-state index in [1.807, 2.05) is 0 Å². The Morgan fingerprint density at radius 3 is 2.55 bits per heavy atom. The van der Waals surface area contributed by atoms with E-state index in [-0.39, 0.29) is 12.1 Å². The van der Waals surface area contributed by atoms with Crippen LogP contribution in [0.4, 0.5) is 0 Å². The predicted molar refractivity (Wildman–Crippen MR) is 85.8 cm³/mol. The Bertz CT molecular complexity index is 1000. The Labute approximate surface area is 135 Å². The van der Waals surface area contributed by atoms with Gasteiger partial charge < -0.3 is 4.57 Å². The van der Waals surface area contributed by atoms with Gasteiger partial charge in [0.15, 0.2) is 5.52 Å². The summed E-state index contributed by atoms with van der Waals surface area (Å²) in [5.41, 5.74) is 0.617. The molecule has 22 heavy (non-hydrogen) atoms. The number of hydrogen-bond acceptors (Lipinski definition) is 3. The van der Waals surface area contributed by atoms with E-state index in [2.05, 4.69) is 4.98 Å². The number of aryl methyl sites for hydroxylation is 2. The number of aromatic nitrogens is 4. The third-order valence-corrected chi connectivity index (χ3v) is 4.25. The molecule has 6 nitrogen and oxygen atoms in total. The Morgan fingerprint density at radius 1 is 1.14 bits per heavy atom. The zero-order valence-electron chi connectivity index (χ0n) is 11.9. The van der Waals surface area contributed by atoms with Crippen LogP contribution in [0.15, 0.2) is 34.1 Å². The minimum Gasteiger partial charge on any atom is -0.320 e. The second-order valence-electron chi connectivity index (χ2n) is 5.01. The first-order chi connectivity index (χ1) is 10.4. The van der Waals surface area contributed by atoms with Crippen LogP contribution in [0, 0.1) is 0 Å². The third-order valence-electron chi connectivity index (χ3n) is 3.51. The maximum atomic E-state index is 12.5. The van der Waals surface area contributed by atoms with Crippen LogP contribution in [0.25, 0.3) is 11.2 Å². The normalized spacial score (nSPS) is 11.3. The van der Waals surface area contributed by atoms with Crippen LogP contribution in [0.1, 0.15) is 5.56 Å². The van der Waals surface area contributed by atoms with E-state index in [4.69, 9.17) is 23.2 Å². The summed E-state index contributed by atoms with van der Waals surface area (Å²) in [6.45, 7) is 0.106. The second kappa shape index (κ2) is 5.30. The highest BCUT2D eigenvalue weighted by atomic mass is 35.5. The monoisotopic (exact) mass is 338 g/mol. The number of halogens is 2. The van der Waals surface area contributed by atoms with Gasteiger partial charge in [0.2, 0.25) is 0 Å². The summed E-state index contributed by atoms with van der Waals surface area (Å²) in [7, 11) is 3.34. The van der Waals surface area contributed by atoms with Crippen LogP contribution >= 0.6 is 23.2 Å². The highest BCUT2D eigenvalue weighted by molar-refractivity contribution is 6.42. The van der Waals surface area contributed by atoms with E-state index in [0.717, 1.165) is 4.57 Å². The molecule has 3 aromatic rings. The van der Waals surface area contributed by atoms with Crippen molar-refractivity contribution in [3.8, 4) is 0 Å². The van der Waals surface area contributed by atoms with E-state index < -0.39 is 11.2 Å². The minimum absolute atomic E-state index is 0.106. The van der Waals surface area contributed by atoms with Crippen molar-refractivity contribution in [1.82, 2.24) is 18.7 Å². The second-order valence-corrected chi connectivity index (χ2v) is 5.82. The van der Waals surface area contributed by atoms with Crippen molar-refractivity contribution in [2.45, 2.75) is 6.54 Å². The van der Waals surface area contributed by atoms with Crippen LogP contribution < -0.4 is 11.2 Å². The van der Waals surface area contributed by atoms with E-state index in [9.17, 15) is 9.59 Å². The van der Waals surface area contributed by atoms with Crippen LogP contribution in [0.2, 0.25) is 10.0 Å². The van der Waals surface area contributed by atoms with Gasteiger partial charge in [-0.05, 0) is 17.7 Å². The first-order valence-corrected chi connectivity index (χ1v) is 7.20. The molecular weight excluding hydrogens is 327 g/mol. The third kappa shape index (κ3) is 2.24. The smallest absolute Gasteiger partial charge is 0.320 e. The fraction of sp³-hybridized carbons (Fsp3) is 0.214. The van der Waals surface area contributed by atoms with Crippen LogP contribution in [-0.4, -0.2) is 18.7 Å². The molecule has 0 aliphatic carbocycles. The Morgan fingerprint density at radius 2 is 1.86 bits per heavy atom. The average Bonchev–Trinajstić information content (AvgIpc) is 2.87. The maximum absolute atomic E-state index is 12.5. The SMILES string of the molecule is Cn1cnc2c(=O)n(Cc3ccc(Cl)c(Cl)c3)c(=O)n(C)c21. The highest BCUT2D eigenvalue weighted by Gasteiger charge is 2.15. The molecule has 0 amide bonds. The topological polar surface area (TPSA) is 61.8 Å². The van der Waals surface area contributed by atoms with E-state index in [0.29, 0.717) is 21.3 Å². The zero-order valence-corrected chi connectivity index (χ0v) is 13.4. The predicted octanol–water partition coefficient (Wildman–Crippen LogP) is 1.79. The van der Waals surface area contributed by atoms with Gasteiger partial charge in [-0.25, -0.2) is 9.78 Å². The zero-order chi connectivity index (χ0) is 16.0. The molecule has 8 heteroatoms. The standard InChI is InChI=1S/C14H12Cl2N4O2/c1-18-7-17-11-12(18)19(2)14(22)20(13(11)21)6-8-3-4-9(15)10(16)5-8/h3-5,7H,6H2,1-2H3. The molecule has 0 spiro atoms. The lowest BCUT2D eigenvalue weighted by Crippen LogP contribution is -2.39. The van der Waals surface area contributed by atoms with Gasteiger partial charge >= 0.3 is 5.69 Å². The summed E-state index contributed by atoms with van der Waals surface area (Å²) in [6, 6.07) is 5.00. The van der Waals surface area contributed by atoms with Crippen molar-refractivity contribution in [2.24, 2.45) is 14.1 Å². The highest BCUT2D eigenvalue weighted by Crippen LogP contribution is 2.22. The van der Waals surface area contributed by atoms with Crippen LogP contribution in [-0.2, 0) is 20.6 Å². The van der Waals surface area contributed by atoms with Crippen molar-refractivity contribution in [3.05, 3.63) is 61.0 Å². The van der Waals surface area contributed by atoms with Gasteiger partial charge in [-0.1, -0.05) is 29.3 Å². The summed E-state index contributed by atoms with van der Waals surface area (Å²) >= 11 is 11.8. The number of fused-ring (bicyclic) bond motifs is 1. The molecule has 0 aliphatic heterocycles. The van der Waals surface area contributed by atoms with Gasteiger partial charge in [0, 0.05) is 14.1 Å². The first-order valence-electron chi connectivity index (χ1n) is 6.45. The van der Waals surface area contributed by atoms with Gasteiger partial charge in [-0.2, -0.15) is 0 Å². The maximum Gasteiger partial charge on any atom is 0.332 e. The van der Waals surface area contributed by atoms with E-state index >= 15 is 0 Å². The molecule has 0 fully saturated rings. The number of imidazole rings is 1.